The van der Waals surface area contributed by atoms with Gasteiger partial charge < -0.3 is 20.2 Å². The number of anilines is 1. The smallest absolute Gasteiger partial charge is 0.251 e. The van der Waals surface area contributed by atoms with Crippen LogP contribution in [0.3, 0.4) is 0 Å². The van der Waals surface area contributed by atoms with Gasteiger partial charge in [0.25, 0.3) is 5.91 Å². The van der Waals surface area contributed by atoms with E-state index in [0.717, 1.165) is 5.69 Å². The summed E-state index contributed by atoms with van der Waals surface area (Å²) in [6, 6.07) is 13.3. The summed E-state index contributed by atoms with van der Waals surface area (Å²) in [5.41, 5.74) is 1.25. The Morgan fingerprint density at radius 1 is 1.03 bits per heavy atom. The molecular weight excluding hydrogens is 402 g/mol. The van der Waals surface area contributed by atoms with Crippen molar-refractivity contribution in [2.24, 2.45) is 5.92 Å². The van der Waals surface area contributed by atoms with E-state index in [1.54, 1.807) is 41.3 Å². The Morgan fingerprint density at radius 2 is 1.67 bits per heavy atom. The van der Waals surface area contributed by atoms with Gasteiger partial charge in [-0.05, 0) is 48.7 Å². The minimum absolute atomic E-state index is 0.0667. The molecule has 2 N–H and O–H groups in total. The number of piperazine rings is 1. The molecule has 2 aromatic carbocycles. The number of nitrogens with zero attached hydrogens (tertiary/aromatic N) is 2. The van der Waals surface area contributed by atoms with Crippen molar-refractivity contribution in [2.45, 2.75) is 26.3 Å². The maximum absolute atomic E-state index is 13.2. The highest BCUT2D eigenvalue weighted by atomic mass is 35.5. The van der Waals surface area contributed by atoms with Crippen molar-refractivity contribution < 1.29 is 14.7 Å². The largest absolute Gasteiger partial charge is 0.506 e. The first-order valence-electron chi connectivity index (χ1n) is 10.2. The summed E-state index contributed by atoms with van der Waals surface area (Å²) in [6.07, 6.45) is 0.567. The molecule has 0 radical (unpaired) electrons. The second-order valence-electron chi connectivity index (χ2n) is 7.96. The summed E-state index contributed by atoms with van der Waals surface area (Å²) in [7, 11) is 0. The summed E-state index contributed by atoms with van der Waals surface area (Å²) in [5.74, 6) is 0.152. The van der Waals surface area contributed by atoms with Crippen molar-refractivity contribution in [2.75, 3.05) is 31.1 Å². The molecule has 2 aromatic rings. The van der Waals surface area contributed by atoms with Gasteiger partial charge in [0.2, 0.25) is 5.91 Å². The van der Waals surface area contributed by atoms with Crippen LogP contribution in [0.25, 0.3) is 0 Å². The number of phenols is 1. The second-order valence-corrected chi connectivity index (χ2v) is 8.40. The molecule has 6 nitrogen and oxygen atoms in total. The highest BCUT2D eigenvalue weighted by Gasteiger charge is 2.30. The molecule has 30 heavy (non-hydrogen) atoms. The van der Waals surface area contributed by atoms with Crippen LogP contribution in [0.4, 0.5) is 5.69 Å². The zero-order chi connectivity index (χ0) is 21.7. The number of phenolic OH excluding ortho intramolecular Hbond substituents is 1. The lowest BCUT2D eigenvalue weighted by atomic mass is 10.0. The van der Waals surface area contributed by atoms with Crippen LogP contribution < -0.4 is 10.2 Å². The highest BCUT2D eigenvalue weighted by molar-refractivity contribution is 6.30. The number of hydrogen-bond donors (Lipinski definition) is 2. The zero-order valence-electron chi connectivity index (χ0n) is 17.3. The van der Waals surface area contributed by atoms with E-state index in [4.69, 9.17) is 11.6 Å². The molecule has 0 bridgehead atoms. The SMILES string of the molecule is CC(C)CC(NC(=O)c1ccc(Cl)cc1)C(=O)N1CCN(c2ccccc2O)CC1. The third kappa shape index (κ3) is 5.45. The van der Waals surface area contributed by atoms with Gasteiger partial charge in [0.1, 0.15) is 11.8 Å². The molecule has 1 saturated heterocycles. The maximum atomic E-state index is 13.2. The third-order valence-corrected chi connectivity index (χ3v) is 5.48. The topological polar surface area (TPSA) is 72.9 Å². The number of amides is 2. The number of halogens is 1. The van der Waals surface area contributed by atoms with Crippen LogP contribution >= 0.6 is 11.6 Å². The van der Waals surface area contributed by atoms with Gasteiger partial charge in [-0.1, -0.05) is 37.6 Å². The van der Waals surface area contributed by atoms with Gasteiger partial charge in [0.05, 0.1) is 5.69 Å². The lowest BCUT2D eigenvalue weighted by molar-refractivity contribution is -0.134. The quantitative estimate of drug-likeness (QED) is 0.736. The molecule has 7 heteroatoms. The molecular formula is C23H28ClN3O3. The average Bonchev–Trinajstić information content (AvgIpc) is 2.73. The zero-order valence-corrected chi connectivity index (χ0v) is 18.1. The monoisotopic (exact) mass is 429 g/mol. The Kier molecular flexibility index (Phi) is 7.21. The predicted octanol–water partition coefficient (Wildman–Crippen LogP) is 3.54. The number of benzene rings is 2. The number of aromatic hydroxyl groups is 1. The Hall–Kier alpha value is -2.73. The first-order chi connectivity index (χ1) is 14.3. The molecule has 3 rings (SSSR count). The minimum Gasteiger partial charge on any atom is -0.506 e. The van der Waals surface area contributed by atoms with Crippen LogP contribution in [-0.2, 0) is 4.79 Å². The Labute approximate surface area is 182 Å². The first kappa shape index (κ1) is 22.0. The summed E-state index contributed by atoms with van der Waals surface area (Å²) in [5, 5.41) is 13.5. The van der Waals surface area contributed by atoms with E-state index in [0.29, 0.717) is 43.2 Å². The summed E-state index contributed by atoms with van der Waals surface area (Å²) in [6.45, 7) is 6.40. The molecule has 2 amide bonds. The predicted molar refractivity (Wildman–Crippen MR) is 119 cm³/mol. The van der Waals surface area contributed by atoms with Crippen molar-refractivity contribution in [3.63, 3.8) is 0 Å². The van der Waals surface area contributed by atoms with Crippen LogP contribution in [0, 0.1) is 5.92 Å². The van der Waals surface area contributed by atoms with Gasteiger partial charge in [-0.25, -0.2) is 0 Å². The molecule has 0 spiro atoms. The molecule has 1 aliphatic rings. The van der Waals surface area contributed by atoms with Crippen LogP contribution in [0.15, 0.2) is 48.5 Å². The van der Waals surface area contributed by atoms with Crippen molar-refractivity contribution in [3.05, 3.63) is 59.1 Å². The Balaban J connectivity index is 1.64. The first-order valence-corrected chi connectivity index (χ1v) is 10.6. The van der Waals surface area contributed by atoms with Crippen molar-refractivity contribution in [1.29, 1.82) is 0 Å². The standard InChI is InChI=1S/C23H28ClN3O3/c1-16(2)15-19(25-22(29)17-7-9-18(24)10-8-17)23(30)27-13-11-26(12-14-27)20-5-3-4-6-21(20)28/h3-10,16,19,28H,11-15H2,1-2H3,(H,25,29). The fourth-order valence-corrected chi connectivity index (χ4v) is 3.78. The van der Waals surface area contributed by atoms with Crippen LogP contribution in [0.2, 0.25) is 5.02 Å². The van der Waals surface area contributed by atoms with E-state index in [9.17, 15) is 14.7 Å². The molecule has 0 saturated carbocycles. The average molecular weight is 430 g/mol. The van der Waals surface area contributed by atoms with E-state index in [1.807, 2.05) is 26.0 Å². The van der Waals surface area contributed by atoms with Gasteiger partial charge in [0, 0.05) is 36.8 Å². The fraction of sp³-hybridized carbons (Fsp3) is 0.391. The van der Waals surface area contributed by atoms with E-state index in [-0.39, 0.29) is 23.5 Å². The minimum atomic E-state index is -0.579. The van der Waals surface area contributed by atoms with Crippen LogP contribution in [-0.4, -0.2) is 54.0 Å². The van der Waals surface area contributed by atoms with Crippen molar-refractivity contribution in [3.8, 4) is 5.75 Å². The molecule has 0 aliphatic carbocycles. The van der Waals surface area contributed by atoms with Crippen LogP contribution in [0.1, 0.15) is 30.6 Å². The van der Waals surface area contributed by atoms with E-state index in [1.165, 1.54) is 0 Å². The van der Waals surface area contributed by atoms with Gasteiger partial charge in [-0.15, -0.1) is 0 Å². The number of nitrogens with one attached hydrogen (secondary N) is 1. The van der Waals surface area contributed by atoms with Gasteiger partial charge >= 0.3 is 0 Å². The molecule has 0 aromatic heterocycles. The number of para-hydroxylation sites is 2. The lowest BCUT2D eigenvalue weighted by Gasteiger charge is -2.38. The summed E-state index contributed by atoms with van der Waals surface area (Å²) >= 11 is 5.90. The molecule has 1 unspecified atom stereocenters. The summed E-state index contributed by atoms with van der Waals surface area (Å²) in [4.78, 5) is 29.7. The normalized spacial score (nSPS) is 15.2. The molecule has 1 atom stereocenters. The van der Waals surface area contributed by atoms with E-state index < -0.39 is 6.04 Å². The van der Waals surface area contributed by atoms with Gasteiger partial charge in [-0.3, -0.25) is 9.59 Å². The fourth-order valence-electron chi connectivity index (χ4n) is 3.66. The van der Waals surface area contributed by atoms with E-state index in [2.05, 4.69) is 10.2 Å². The molecule has 160 valence electrons. The lowest BCUT2D eigenvalue weighted by Crippen LogP contribution is -2.55. The van der Waals surface area contributed by atoms with E-state index >= 15 is 0 Å². The highest BCUT2D eigenvalue weighted by Crippen LogP contribution is 2.27. The maximum Gasteiger partial charge on any atom is 0.251 e. The Bertz CT molecular complexity index is 878. The van der Waals surface area contributed by atoms with Gasteiger partial charge in [0.15, 0.2) is 0 Å². The number of carbonyl (C=O) groups is 2. The number of hydrogen-bond acceptors (Lipinski definition) is 4. The molecule has 1 aliphatic heterocycles. The third-order valence-electron chi connectivity index (χ3n) is 5.23. The van der Waals surface area contributed by atoms with Crippen LogP contribution in [0.5, 0.6) is 5.75 Å². The second kappa shape index (κ2) is 9.85. The summed E-state index contributed by atoms with van der Waals surface area (Å²) < 4.78 is 0. The number of rotatable bonds is 6. The molecule has 1 heterocycles. The van der Waals surface area contributed by atoms with Crippen molar-refractivity contribution >= 4 is 29.1 Å². The van der Waals surface area contributed by atoms with Gasteiger partial charge in [-0.2, -0.15) is 0 Å². The number of carbonyl (C=O) groups excluding carboxylic acids is 2. The van der Waals surface area contributed by atoms with Crippen molar-refractivity contribution in [1.82, 2.24) is 10.2 Å². The Morgan fingerprint density at radius 3 is 2.27 bits per heavy atom. The molecule has 1 fully saturated rings.